The second-order valence-electron chi connectivity index (χ2n) is 4.36. The second kappa shape index (κ2) is 6.86. The molecule has 0 atom stereocenters. The van der Waals surface area contributed by atoms with Gasteiger partial charge in [0.05, 0.1) is 19.1 Å². The van der Waals surface area contributed by atoms with E-state index in [-0.39, 0.29) is 11.7 Å². The number of methoxy groups -OCH3 is 1. The molecule has 0 aliphatic carbocycles. The number of carbonyl (C=O) groups is 1. The zero-order chi connectivity index (χ0) is 14.4. The van der Waals surface area contributed by atoms with Crippen molar-refractivity contribution in [2.24, 2.45) is 0 Å². The third-order valence-corrected chi connectivity index (χ3v) is 2.90. The number of hydrogen-bond donors (Lipinski definition) is 0. The van der Waals surface area contributed by atoms with Gasteiger partial charge in [-0.25, -0.2) is 4.39 Å². The first-order chi connectivity index (χ1) is 9.70. The molecule has 5 heteroatoms. The molecule has 0 saturated carbocycles. The molecule has 0 spiro atoms. The third kappa shape index (κ3) is 3.68. The molecule has 0 aliphatic rings. The van der Waals surface area contributed by atoms with Gasteiger partial charge in [-0.05, 0) is 30.3 Å². The molecule has 2 aromatic rings. The van der Waals surface area contributed by atoms with Crippen LogP contribution >= 0.6 is 0 Å². The minimum atomic E-state index is -0.361. The van der Waals surface area contributed by atoms with Crippen LogP contribution in [0.3, 0.4) is 0 Å². The van der Waals surface area contributed by atoms with Gasteiger partial charge in [-0.15, -0.1) is 0 Å². The summed E-state index contributed by atoms with van der Waals surface area (Å²) in [5.41, 5.74) is 1.35. The summed E-state index contributed by atoms with van der Waals surface area (Å²) in [6.07, 6.45) is 3.16. The SMILES string of the molecule is COCCN(Cc1ccoc1)C(=O)c1ccc(F)cc1. The fourth-order valence-electron chi connectivity index (χ4n) is 1.83. The molecule has 0 aliphatic heterocycles. The van der Waals surface area contributed by atoms with Gasteiger partial charge in [-0.1, -0.05) is 0 Å². The zero-order valence-electron chi connectivity index (χ0n) is 11.2. The molecule has 0 N–H and O–H groups in total. The Morgan fingerprint density at radius 2 is 2.05 bits per heavy atom. The molecule has 4 nitrogen and oxygen atoms in total. The highest BCUT2D eigenvalue weighted by Crippen LogP contribution is 2.11. The van der Waals surface area contributed by atoms with Crippen molar-refractivity contribution in [1.82, 2.24) is 4.90 Å². The summed E-state index contributed by atoms with van der Waals surface area (Å²) >= 11 is 0. The lowest BCUT2D eigenvalue weighted by Crippen LogP contribution is -2.33. The summed E-state index contributed by atoms with van der Waals surface area (Å²) in [5.74, 6) is -0.525. The molecular weight excluding hydrogens is 261 g/mol. The molecule has 1 aromatic carbocycles. The van der Waals surface area contributed by atoms with Gasteiger partial charge in [0, 0.05) is 31.3 Å². The lowest BCUT2D eigenvalue weighted by molar-refractivity contribution is 0.0680. The Morgan fingerprint density at radius 1 is 1.30 bits per heavy atom. The first-order valence-corrected chi connectivity index (χ1v) is 6.25. The lowest BCUT2D eigenvalue weighted by atomic mass is 10.2. The maximum Gasteiger partial charge on any atom is 0.254 e. The molecular formula is C15H16FNO3. The number of benzene rings is 1. The molecule has 0 saturated heterocycles. The van der Waals surface area contributed by atoms with Gasteiger partial charge in [0.2, 0.25) is 0 Å². The maximum atomic E-state index is 12.9. The van der Waals surface area contributed by atoms with Crippen molar-refractivity contribution < 1.29 is 18.3 Å². The van der Waals surface area contributed by atoms with Crippen LogP contribution in [0, 0.1) is 5.82 Å². The van der Waals surface area contributed by atoms with E-state index in [0.717, 1.165) is 5.56 Å². The van der Waals surface area contributed by atoms with Crippen molar-refractivity contribution in [2.75, 3.05) is 20.3 Å². The molecule has 1 heterocycles. The van der Waals surface area contributed by atoms with E-state index in [4.69, 9.17) is 9.15 Å². The quantitative estimate of drug-likeness (QED) is 0.815. The molecule has 0 radical (unpaired) electrons. The van der Waals surface area contributed by atoms with Gasteiger partial charge in [0.1, 0.15) is 5.82 Å². The standard InChI is InChI=1S/C15H16FNO3/c1-19-9-7-17(10-12-6-8-20-11-12)15(18)13-2-4-14(16)5-3-13/h2-6,8,11H,7,9-10H2,1H3. The Morgan fingerprint density at radius 3 is 2.65 bits per heavy atom. The Labute approximate surface area is 116 Å². The smallest absolute Gasteiger partial charge is 0.254 e. The summed E-state index contributed by atoms with van der Waals surface area (Å²) in [6, 6.07) is 7.32. The van der Waals surface area contributed by atoms with Gasteiger partial charge in [0.15, 0.2) is 0 Å². The van der Waals surface area contributed by atoms with E-state index < -0.39 is 0 Å². The summed E-state index contributed by atoms with van der Waals surface area (Å²) in [6.45, 7) is 1.32. The van der Waals surface area contributed by atoms with Gasteiger partial charge >= 0.3 is 0 Å². The fourth-order valence-corrected chi connectivity index (χ4v) is 1.83. The van der Waals surface area contributed by atoms with E-state index in [9.17, 15) is 9.18 Å². The Balaban J connectivity index is 2.12. The number of halogens is 1. The van der Waals surface area contributed by atoms with Crippen LogP contribution in [-0.4, -0.2) is 31.1 Å². The highest BCUT2D eigenvalue weighted by molar-refractivity contribution is 5.94. The molecule has 2 rings (SSSR count). The van der Waals surface area contributed by atoms with Gasteiger partial charge in [0.25, 0.3) is 5.91 Å². The minimum Gasteiger partial charge on any atom is -0.472 e. The first kappa shape index (κ1) is 14.3. The maximum absolute atomic E-state index is 12.9. The van der Waals surface area contributed by atoms with Crippen molar-refractivity contribution in [3.63, 3.8) is 0 Å². The number of ether oxygens (including phenoxy) is 1. The lowest BCUT2D eigenvalue weighted by Gasteiger charge is -2.21. The van der Waals surface area contributed by atoms with E-state index in [1.165, 1.54) is 24.3 Å². The van der Waals surface area contributed by atoms with Crippen LogP contribution < -0.4 is 0 Å². The highest BCUT2D eigenvalue weighted by atomic mass is 19.1. The highest BCUT2D eigenvalue weighted by Gasteiger charge is 2.16. The number of carbonyl (C=O) groups excluding carboxylic acids is 1. The van der Waals surface area contributed by atoms with E-state index in [0.29, 0.717) is 25.3 Å². The summed E-state index contributed by atoms with van der Waals surface area (Å²) < 4.78 is 22.9. The van der Waals surface area contributed by atoms with E-state index >= 15 is 0 Å². The molecule has 0 unspecified atom stereocenters. The molecule has 0 fully saturated rings. The molecule has 106 valence electrons. The fraction of sp³-hybridized carbons (Fsp3) is 0.267. The van der Waals surface area contributed by atoms with Crippen molar-refractivity contribution in [3.8, 4) is 0 Å². The summed E-state index contributed by atoms with van der Waals surface area (Å²) in [4.78, 5) is 14.0. The number of rotatable bonds is 6. The summed E-state index contributed by atoms with van der Waals surface area (Å²) in [5, 5.41) is 0. The Kier molecular flexibility index (Phi) is 4.90. The monoisotopic (exact) mass is 277 g/mol. The zero-order valence-corrected chi connectivity index (χ0v) is 11.2. The Hall–Kier alpha value is -2.14. The van der Waals surface area contributed by atoms with Crippen LogP contribution in [0.1, 0.15) is 15.9 Å². The molecule has 1 amide bonds. The number of nitrogens with zero attached hydrogens (tertiary/aromatic N) is 1. The third-order valence-electron chi connectivity index (χ3n) is 2.90. The average molecular weight is 277 g/mol. The van der Waals surface area contributed by atoms with Crippen LogP contribution in [0.2, 0.25) is 0 Å². The number of amides is 1. The van der Waals surface area contributed by atoms with Crippen molar-refractivity contribution in [3.05, 3.63) is 59.8 Å². The van der Waals surface area contributed by atoms with Crippen LogP contribution in [0.4, 0.5) is 4.39 Å². The van der Waals surface area contributed by atoms with Gasteiger partial charge < -0.3 is 14.1 Å². The van der Waals surface area contributed by atoms with E-state index in [1.54, 1.807) is 30.6 Å². The average Bonchev–Trinajstić information content (AvgIpc) is 2.96. The molecule has 20 heavy (non-hydrogen) atoms. The largest absolute Gasteiger partial charge is 0.472 e. The number of furan rings is 1. The second-order valence-corrected chi connectivity index (χ2v) is 4.36. The van der Waals surface area contributed by atoms with E-state index in [1.807, 2.05) is 0 Å². The Bertz CT molecular complexity index is 537. The van der Waals surface area contributed by atoms with Crippen molar-refractivity contribution >= 4 is 5.91 Å². The van der Waals surface area contributed by atoms with Crippen molar-refractivity contribution in [2.45, 2.75) is 6.54 Å². The number of hydrogen-bond acceptors (Lipinski definition) is 3. The topological polar surface area (TPSA) is 42.7 Å². The van der Waals surface area contributed by atoms with Crippen LogP contribution in [0.5, 0.6) is 0 Å². The van der Waals surface area contributed by atoms with Gasteiger partial charge in [-0.3, -0.25) is 4.79 Å². The molecule has 0 bridgehead atoms. The summed E-state index contributed by atoms with van der Waals surface area (Å²) in [7, 11) is 1.58. The molecule has 1 aromatic heterocycles. The van der Waals surface area contributed by atoms with Crippen LogP contribution in [0.15, 0.2) is 47.3 Å². The van der Waals surface area contributed by atoms with Crippen molar-refractivity contribution in [1.29, 1.82) is 0 Å². The first-order valence-electron chi connectivity index (χ1n) is 6.25. The normalized spacial score (nSPS) is 10.5. The van der Waals surface area contributed by atoms with E-state index in [2.05, 4.69) is 0 Å². The minimum absolute atomic E-state index is 0.164. The van der Waals surface area contributed by atoms with Gasteiger partial charge in [-0.2, -0.15) is 0 Å². The predicted octanol–water partition coefficient (Wildman–Crippen LogP) is 2.71. The van der Waals surface area contributed by atoms with Crippen LogP contribution in [-0.2, 0) is 11.3 Å². The predicted molar refractivity (Wildman–Crippen MR) is 71.7 cm³/mol. The van der Waals surface area contributed by atoms with Crippen LogP contribution in [0.25, 0.3) is 0 Å².